The summed E-state index contributed by atoms with van der Waals surface area (Å²) in [5.41, 5.74) is 0. The Morgan fingerprint density at radius 2 is 1.67 bits per heavy atom. The fourth-order valence-electron chi connectivity index (χ4n) is 2.59. The highest BCUT2D eigenvalue weighted by Gasteiger charge is 2.23. The third-order valence-electron chi connectivity index (χ3n) is 3.77. The molecule has 0 radical (unpaired) electrons. The molecule has 18 heavy (non-hydrogen) atoms. The van der Waals surface area contributed by atoms with Gasteiger partial charge in [-0.3, -0.25) is 4.90 Å². The number of hydrogen-bond donors (Lipinski definition) is 0. The number of likely N-dealkylation sites (tertiary alicyclic amines) is 1. The van der Waals surface area contributed by atoms with Gasteiger partial charge in [0, 0.05) is 25.8 Å². The van der Waals surface area contributed by atoms with Crippen LogP contribution >= 0.6 is 0 Å². The van der Waals surface area contributed by atoms with E-state index in [2.05, 4.69) is 23.8 Å². The van der Waals surface area contributed by atoms with E-state index in [9.17, 15) is 0 Å². The summed E-state index contributed by atoms with van der Waals surface area (Å²) in [7, 11) is 2.19. The molecule has 0 bridgehead atoms. The molecule has 0 amide bonds. The van der Waals surface area contributed by atoms with Gasteiger partial charge in [-0.15, -0.1) is 0 Å². The van der Waals surface area contributed by atoms with E-state index in [1.54, 1.807) is 0 Å². The molecule has 108 valence electrons. The molecule has 0 atom stereocenters. The molecular weight excluding hydrogens is 228 g/mol. The van der Waals surface area contributed by atoms with Crippen LogP contribution in [0, 0.1) is 0 Å². The monoisotopic (exact) mass is 258 g/mol. The Balaban J connectivity index is 2.32. The first-order valence-electron chi connectivity index (χ1n) is 7.37. The average Bonchev–Trinajstić information content (AvgIpc) is 2.39. The predicted octanol–water partition coefficient (Wildman–Crippen LogP) is 1.80. The first-order chi connectivity index (χ1) is 8.71. The molecule has 0 aromatic rings. The van der Waals surface area contributed by atoms with Crippen LogP contribution in [-0.4, -0.2) is 68.6 Å². The van der Waals surface area contributed by atoms with Crippen molar-refractivity contribution >= 4 is 0 Å². The number of rotatable bonds is 8. The summed E-state index contributed by atoms with van der Waals surface area (Å²) in [5.74, 6) is 0. The smallest absolute Gasteiger partial charge is 0.170 e. The molecule has 4 nitrogen and oxygen atoms in total. The van der Waals surface area contributed by atoms with E-state index < -0.39 is 0 Å². The van der Waals surface area contributed by atoms with Gasteiger partial charge in [0.2, 0.25) is 0 Å². The standard InChI is InChI=1S/C14H30N2O2/c1-5-16-10-8-13(9-11-16)15(4)12-14(17-6-2)18-7-3/h13-14H,5-12H2,1-4H3. The second-order valence-corrected chi connectivity index (χ2v) is 4.95. The van der Waals surface area contributed by atoms with E-state index in [1.807, 2.05) is 13.8 Å². The molecule has 0 aromatic heterocycles. The van der Waals surface area contributed by atoms with Crippen LogP contribution in [0.5, 0.6) is 0 Å². The van der Waals surface area contributed by atoms with Gasteiger partial charge in [-0.1, -0.05) is 6.92 Å². The van der Waals surface area contributed by atoms with Crippen LogP contribution in [0.2, 0.25) is 0 Å². The second kappa shape index (κ2) is 8.86. The molecule has 0 unspecified atom stereocenters. The van der Waals surface area contributed by atoms with Gasteiger partial charge < -0.3 is 14.4 Å². The highest BCUT2D eigenvalue weighted by Crippen LogP contribution is 2.15. The highest BCUT2D eigenvalue weighted by atomic mass is 16.7. The molecule has 1 heterocycles. The lowest BCUT2D eigenvalue weighted by molar-refractivity contribution is -0.149. The van der Waals surface area contributed by atoms with Crippen molar-refractivity contribution in [2.75, 3.05) is 46.4 Å². The summed E-state index contributed by atoms with van der Waals surface area (Å²) in [4.78, 5) is 4.93. The lowest BCUT2D eigenvalue weighted by Crippen LogP contribution is -2.46. The molecule has 1 fully saturated rings. The first-order valence-corrected chi connectivity index (χ1v) is 7.37. The van der Waals surface area contributed by atoms with Crippen molar-refractivity contribution in [3.63, 3.8) is 0 Å². The molecule has 0 aliphatic carbocycles. The zero-order chi connectivity index (χ0) is 13.4. The minimum atomic E-state index is -0.0748. The zero-order valence-corrected chi connectivity index (χ0v) is 12.5. The SMILES string of the molecule is CCOC(CN(C)C1CCN(CC)CC1)OCC. The van der Waals surface area contributed by atoms with Crippen molar-refractivity contribution in [1.29, 1.82) is 0 Å². The van der Waals surface area contributed by atoms with Crippen LogP contribution in [0.3, 0.4) is 0 Å². The predicted molar refractivity (Wildman–Crippen MR) is 74.8 cm³/mol. The highest BCUT2D eigenvalue weighted by molar-refractivity contribution is 4.78. The van der Waals surface area contributed by atoms with Crippen LogP contribution in [0.15, 0.2) is 0 Å². The Labute approximate surface area is 112 Å². The van der Waals surface area contributed by atoms with Crippen molar-refractivity contribution in [2.45, 2.75) is 45.9 Å². The van der Waals surface area contributed by atoms with Crippen LogP contribution in [-0.2, 0) is 9.47 Å². The number of likely N-dealkylation sites (N-methyl/N-ethyl adjacent to an activating group) is 1. The summed E-state index contributed by atoms with van der Waals surface area (Å²) in [6.07, 6.45) is 2.44. The second-order valence-electron chi connectivity index (χ2n) is 4.95. The van der Waals surface area contributed by atoms with Crippen molar-refractivity contribution in [3.8, 4) is 0 Å². The Morgan fingerprint density at radius 3 is 2.11 bits per heavy atom. The lowest BCUT2D eigenvalue weighted by Gasteiger charge is -2.37. The fraction of sp³-hybridized carbons (Fsp3) is 1.00. The minimum absolute atomic E-state index is 0.0748. The largest absolute Gasteiger partial charge is 0.352 e. The van der Waals surface area contributed by atoms with E-state index in [1.165, 1.54) is 32.5 Å². The molecule has 0 N–H and O–H groups in total. The maximum atomic E-state index is 5.61. The van der Waals surface area contributed by atoms with E-state index >= 15 is 0 Å². The van der Waals surface area contributed by atoms with E-state index in [-0.39, 0.29) is 6.29 Å². The van der Waals surface area contributed by atoms with E-state index in [4.69, 9.17) is 9.47 Å². The number of nitrogens with zero attached hydrogens (tertiary/aromatic N) is 2. The van der Waals surface area contributed by atoms with E-state index in [0.29, 0.717) is 19.3 Å². The Bertz CT molecular complexity index is 200. The normalized spacial score (nSPS) is 19.0. The van der Waals surface area contributed by atoms with Crippen molar-refractivity contribution in [3.05, 3.63) is 0 Å². The minimum Gasteiger partial charge on any atom is -0.352 e. The van der Waals surface area contributed by atoms with Gasteiger partial charge in [-0.25, -0.2) is 0 Å². The van der Waals surface area contributed by atoms with Gasteiger partial charge >= 0.3 is 0 Å². The molecule has 1 aliphatic heterocycles. The summed E-state index contributed by atoms with van der Waals surface area (Å²) < 4.78 is 11.2. The topological polar surface area (TPSA) is 24.9 Å². The van der Waals surface area contributed by atoms with Gasteiger partial charge in [0.15, 0.2) is 6.29 Å². The van der Waals surface area contributed by atoms with Crippen molar-refractivity contribution in [2.24, 2.45) is 0 Å². The van der Waals surface area contributed by atoms with Gasteiger partial charge in [0.05, 0.1) is 0 Å². The Hall–Kier alpha value is -0.160. The molecule has 1 saturated heterocycles. The summed E-state index contributed by atoms with van der Waals surface area (Å²) >= 11 is 0. The maximum Gasteiger partial charge on any atom is 0.170 e. The fourth-order valence-corrected chi connectivity index (χ4v) is 2.59. The molecule has 4 heteroatoms. The Morgan fingerprint density at radius 1 is 1.11 bits per heavy atom. The molecule has 0 aromatic carbocycles. The number of ether oxygens (including phenoxy) is 2. The molecular formula is C14H30N2O2. The zero-order valence-electron chi connectivity index (χ0n) is 12.5. The van der Waals surface area contributed by atoms with Crippen LogP contribution in [0.1, 0.15) is 33.6 Å². The quantitative estimate of drug-likeness (QED) is 0.620. The van der Waals surface area contributed by atoms with Crippen LogP contribution in [0.25, 0.3) is 0 Å². The van der Waals surface area contributed by atoms with Gasteiger partial charge in [0.25, 0.3) is 0 Å². The Kier molecular flexibility index (Phi) is 7.82. The lowest BCUT2D eigenvalue weighted by atomic mass is 10.0. The number of hydrogen-bond acceptors (Lipinski definition) is 4. The average molecular weight is 258 g/mol. The van der Waals surface area contributed by atoms with Crippen LogP contribution in [0.4, 0.5) is 0 Å². The summed E-state index contributed by atoms with van der Waals surface area (Å²) in [6.45, 7) is 12.2. The third-order valence-corrected chi connectivity index (χ3v) is 3.77. The van der Waals surface area contributed by atoms with E-state index in [0.717, 1.165) is 6.54 Å². The van der Waals surface area contributed by atoms with Crippen LogP contribution < -0.4 is 0 Å². The third kappa shape index (κ3) is 5.22. The van der Waals surface area contributed by atoms with Crippen molar-refractivity contribution in [1.82, 2.24) is 9.80 Å². The summed E-state index contributed by atoms with van der Waals surface area (Å²) in [6, 6.07) is 0.677. The van der Waals surface area contributed by atoms with Gasteiger partial charge in [0.1, 0.15) is 0 Å². The first kappa shape index (κ1) is 15.9. The molecule has 0 spiro atoms. The molecule has 1 rings (SSSR count). The van der Waals surface area contributed by atoms with Crippen molar-refractivity contribution < 1.29 is 9.47 Å². The maximum absolute atomic E-state index is 5.61. The number of piperidine rings is 1. The molecule has 0 saturated carbocycles. The van der Waals surface area contributed by atoms with Gasteiger partial charge in [-0.05, 0) is 53.4 Å². The summed E-state index contributed by atoms with van der Waals surface area (Å²) in [5, 5.41) is 0. The molecule has 1 aliphatic rings. The van der Waals surface area contributed by atoms with Gasteiger partial charge in [-0.2, -0.15) is 0 Å².